The van der Waals surface area contributed by atoms with Crippen LogP contribution in [0.2, 0.25) is 0 Å². The molecule has 2 aliphatic rings. The minimum Gasteiger partial charge on any atom is -0.478 e. The van der Waals surface area contributed by atoms with Crippen LogP contribution >= 0.6 is 0 Å². The number of alkyl carbamates (subject to hydrolysis) is 1. The van der Waals surface area contributed by atoms with Crippen molar-refractivity contribution in [2.75, 3.05) is 19.7 Å². The Morgan fingerprint density at radius 1 is 1.28 bits per heavy atom. The summed E-state index contributed by atoms with van der Waals surface area (Å²) in [6.45, 7) is 8.13. The predicted molar refractivity (Wildman–Crippen MR) is 90.6 cm³/mol. The summed E-state index contributed by atoms with van der Waals surface area (Å²) in [5.74, 6) is 0.581. The van der Waals surface area contributed by atoms with Gasteiger partial charge in [0.15, 0.2) is 5.69 Å². The summed E-state index contributed by atoms with van der Waals surface area (Å²) in [5.41, 5.74) is -0.0845. The molecule has 8 nitrogen and oxygen atoms in total. The highest BCUT2D eigenvalue weighted by Crippen LogP contribution is 2.21. The molecule has 1 saturated heterocycles. The maximum Gasteiger partial charge on any atom is 0.407 e. The number of aromatic nitrogens is 2. The predicted octanol–water partition coefficient (Wildman–Crippen LogP) is 1.79. The number of hydrogen-bond acceptors (Lipinski definition) is 5. The second kappa shape index (κ2) is 6.93. The maximum atomic E-state index is 12.6. The van der Waals surface area contributed by atoms with Gasteiger partial charge in [0.05, 0.1) is 6.61 Å². The minimum absolute atomic E-state index is 0.0254. The molecule has 0 spiro atoms. The Kier molecular flexibility index (Phi) is 4.87. The third-order valence-corrected chi connectivity index (χ3v) is 4.23. The second-order valence-electron chi connectivity index (χ2n) is 7.51. The number of fused-ring (bicyclic) bond motifs is 1. The first-order valence-corrected chi connectivity index (χ1v) is 8.81. The molecule has 1 fully saturated rings. The number of likely N-dealkylation sites (tertiary alicyclic amines) is 1. The van der Waals surface area contributed by atoms with E-state index < -0.39 is 11.7 Å². The zero-order chi connectivity index (χ0) is 18.0. The van der Waals surface area contributed by atoms with Crippen LogP contribution in [-0.2, 0) is 11.3 Å². The van der Waals surface area contributed by atoms with Crippen molar-refractivity contribution in [2.45, 2.75) is 58.2 Å². The molecule has 0 bridgehead atoms. The quantitative estimate of drug-likeness (QED) is 0.879. The fourth-order valence-electron chi connectivity index (χ4n) is 3.03. The first-order valence-electron chi connectivity index (χ1n) is 8.81. The van der Waals surface area contributed by atoms with Crippen LogP contribution < -0.4 is 10.1 Å². The second-order valence-corrected chi connectivity index (χ2v) is 7.51. The zero-order valence-corrected chi connectivity index (χ0v) is 15.1. The molecule has 0 saturated carbocycles. The molecule has 25 heavy (non-hydrogen) atoms. The van der Waals surface area contributed by atoms with Crippen LogP contribution in [0.1, 0.15) is 50.5 Å². The van der Waals surface area contributed by atoms with E-state index in [-0.39, 0.29) is 11.9 Å². The number of hydrogen-bond donors (Lipinski definition) is 1. The summed E-state index contributed by atoms with van der Waals surface area (Å²) in [6, 6.07) is 1.74. The Morgan fingerprint density at radius 3 is 2.64 bits per heavy atom. The molecule has 2 amide bonds. The van der Waals surface area contributed by atoms with Gasteiger partial charge in [-0.1, -0.05) is 0 Å². The van der Waals surface area contributed by atoms with Gasteiger partial charge in [-0.3, -0.25) is 4.79 Å². The van der Waals surface area contributed by atoms with Crippen molar-refractivity contribution in [3.05, 3.63) is 11.8 Å². The van der Waals surface area contributed by atoms with Crippen LogP contribution in [0.4, 0.5) is 4.79 Å². The summed E-state index contributed by atoms with van der Waals surface area (Å²) in [7, 11) is 0. The van der Waals surface area contributed by atoms with Gasteiger partial charge in [-0.05, 0) is 33.6 Å². The van der Waals surface area contributed by atoms with E-state index in [2.05, 4.69) is 10.4 Å². The van der Waals surface area contributed by atoms with Crippen LogP contribution in [0, 0.1) is 0 Å². The van der Waals surface area contributed by atoms with Crippen molar-refractivity contribution >= 4 is 12.0 Å². The Labute approximate surface area is 147 Å². The molecule has 0 radical (unpaired) electrons. The average Bonchev–Trinajstić information content (AvgIpc) is 2.97. The molecule has 0 aromatic carbocycles. The van der Waals surface area contributed by atoms with Crippen LogP contribution in [0.25, 0.3) is 0 Å². The highest BCUT2D eigenvalue weighted by molar-refractivity contribution is 5.92. The van der Waals surface area contributed by atoms with E-state index in [0.29, 0.717) is 44.1 Å². The van der Waals surface area contributed by atoms with Gasteiger partial charge < -0.3 is 19.7 Å². The Bertz CT molecular complexity index is 618. The number of carbonyl (C=O) groups is 2. The Morgan fingerprint density at radius 2 is 2.00 bits per heavy atom. The summed E-state index contributed by atoms with van der Waals surface area (Å²) in [4.78, 5) is 26.2. The summed E-state index contributed by atoms with van der Waals surface area (Å²) >= 11 is 0. The lowest BCUT2D eigenvalue weighted by molar-refractivity contribution is 0.0473. The van der Waals surface area contributed by atoms with Crippen LogP contribution in [0.3, 0.4) is 0 Å². The average molecular weight is 350 g/mol. The van der Waals surface area contributed by atoms with Crippen LogP contribution in [0.5, 0.6) is 5.88 Å². The fourth-order valence-corrected chi connectivity index (χ4v) is 3.03. The highest BCUT2D eigenvalue weighted by atomic mass is 16.6. The lowest BCUT2D eigenvalue weighted by Gasteiger charge is -2.32. The molecule has 3 heterocycles. The number of carbonyl (C=O) groups excluding carboxylic acids is 2. The SMILES string of the molecule is CC(C)(C)OC(=O)NC1CCN(C(=O)c2cc3n(n2)CCCO3)CC1. The Hall–Kier alpha value is -2.25. The van der Waals surface area contributed by atoms with Gasteiger partial charge in [0.1, 0.15) is 5.60 Å². The summed E-state index contributed by atoms with van der Waals surface area (Å²) < 4.78 is 12.5. The van der Waals surface area contributed by atoms with Crippen molar-refractivity contribution in [3.63, 3.8) is 0 Å². The highest BCUT2D eigenvalue weighted by Gasteiger charge is 2.28. The van der Waals surface area contributed by atoms with Gasteiger partial charge >= 0.3 is 6.09 Å². The molecule has 1 aromatic rings. The van der Waals surface area contributed by atoms with E-state index in [1.807, 2.05) is 20.8 Å². The van der Waals surface area contributed by atoms with Crippen LogP contribution in [0.15, 0.2) is 6.07 Å². The van der Waals surface area contributed by atoms with Gasteiger partial charge in [-0.25, -0.2) is 9.48 Å². The molecule has 0 atom stereocenters. The van der Waals surface area contributed by atoms with Crippen molar-refractivity contribution in [1.29, 1.82) is 0 Å². The molecule has 8 heteroatoms. The van der Waals surface area contributed by atoms with E-state index in [9.17, 15) is 9.59 Å². The topological polar surface area (TPSA) is 85.7 Å². The smallest absolute Gasteiger partial charge is 0.407 e. The van der Waals surface area contributed by atoms with E-state index in [4.69, 9.17) is 9.47 Å². The number of rotatable bonds is 2. The monoisotopic (exact) mass is 350 g/mol. The van der Waals surface area contributed by atoms with Crippen molar-refractivity contribution in [3.8, 4) is 5.88 Å². The van der Waals surface area contributed by atoms with Crippen molar-refractivity contribution in [2.24, 2.45) is 0 Å². The van der Waals surface area contributed by atoms with E-state index in [0.717, 1.165) is 13.0 Å². The van der Waals surface area contributed by atoms with Gasteiger partial charge in [-0.2, -0.15) is 5.10 Å². The first kappa shape index (κ1) is 17.6. The molecule has 3 rings (SSSR count). The maximum absolute atomic E-state index is 12.6. The third-order valence-electron chi connectivity index (χ3n) is 4.23. The standard InChI is InChI=1S/C17H26N4O4/c1-17(2,3)25-16(23)18-12-5-8-20(9-6-12)15(22)13-11-14-21(19-13)7-4-10-24-14/h11-12H,4-10H2,1-3H3,(H,18,23). The molecule has 138 valence electrons. The largest absolute Gasteiger partial charge is 0.478 e. The van der Waals surface area contributed by atoms with Gasteiger partial charge in [-0.15, -0.1) is 0 Å². The fraction of sp³-hybridized carbons (Fsp3) is 0.706. The number of aryl methyl sites for hydroxylation is 1. The minimum atomic E-state index is -0.511. The van der Waals surface area contributed by atoms with Gasteiger partial charge in [0, 0.05) is 38.2 Å². The Balaban J connectivity index is 1.51. The molecule has 0 aliphatic carbocycles. The lowest BCUT2D eigenvalue weighted by Crippen LogP contribution is -2.47. The third kappa shape index (κ3) is 4.43. The summed E-state index contributed by atoms with van der Waals surface area (Å²) in [6.07, 6.45) is 1.91. The molecule has 2 aliphatic heterocycles. The first-order chi connectivity index (χ1) is 11.8. The molecule has 0 unspecified atom stereocenters. The van der Waals surface area contributed by atoms with Gasteiger partial charge in [0.2, 0.25) is 5.88 Å². The molecule has 1 aromatic heterocycles. The molecular formula is C17H26N4O4. The van der Waals surface area contributed by atoms with Crippen LogP contribution in [-0.4, -0.2) is 58.0 Å². The normalized spacial score (nSPS) is 18.3. The lowest BCUT2D eigenvalue weighted by atomic mass is 10.0. The van der Waals surface area contributed by atoms with Gasteiger partial charge in [0.25, 0.3) is 5.91 Å². The number of ether oxygens (including phenoxy) is 2. The van der Waals surface area contributed by atoms with Crippen molar-refractivity contribution in [1.82, 2.24) is 20.0 Å². The van der Waals surface area contributed by atoms with E-state index in [1.165, 1.54) is 0 Å². The van der Waals surface area contributed by atoms with Crippen molar-refractivity contribution < 1.29 is 19.1 Å². The zero-order valence-electron chi connectivity index (χ0n) is 15.1. The number of nitrogens with one attached hydrogen (secondary N) is 1. The number of piperidine rings is 1. The molecular weight excluding hydrogens is 324 g/mol. The summed E-state index contributed by atoms with van der Waals surface area (Å²) in [5, 5.41) is 7.22. The van der Waals surface area contributed by atoms with E-state index >= 15 is 0 Å². The number of amides is 2. The van der Waals surface area contributed by atoms with E-state index in [1.54, 1.807) is 15.6 Å². The number of nitrogens with zero attached hydrogens (tertiary/aromatic N) is 3. The molecule has 1 N–H and O–H groups in total.